The summed E-state index contributed by atoms with van der Waals surface area (Å²) in [4.78, 5) is 13.6. The van der Waals surface area contributed by atoms with Crippen molar-refractivity contribution in [1.29, 1.82) is 0 Å². The minimum absolute atomic E-state index is 0.113. The normalized spacial score (nSPS) is 10.9. The van der Waals surface area contributed by atoms with E-state index in [0.29, 0.717) is 0 Å². The molecule has 0 bridgehead atoms. The van der Waals surface area contributed by atoms with E-state index in [9.17, 15) is 4.79 Å². The van der Waals surface area contributed by atoms with Crippen LogP contribution in [0.25, 0.3) is 32.3 Å². The van der Waals surface area contributed by atoms with Crippen molar-refractivity contribution in [2.24, 2.45) is 0 Å². The summed E-state index contributed by atoms with van der Waals surface area (Å²) in [6, 6.07) is 22.2. The highest BCUT2D eigenvalue weighted by atomic mass is 32.9. The minimum Gasteiger partial charge on any atom is -0.497 e. The fourth-order valence-corrected chi connectivity index (χ4v) is 5.17. The van der Waals surface area contributed by atoms with E-state index in [-0.39, 0.29) is 4.74 Å². The van der Waals surface area contributed by atoms with Gasteiger partial charge in [0, 0.05) is 0 Å². The molecular weight excluding hydrogens is 336 g/mol. The lowest BCUT2D eigenvalue weighted by Crippen LogP contribution is -1.96. The number of ether oxygens (including phenoxy) is 1. The standard InChI is InChI=1S/C20H14O2S2/c1-22-15-11-9-14(10-12-15)19-18(20(21)24-23-19)17-8-4-6-13-5-2-3-7-16(13)17/h2-12H,1H3. The molecule has 2 nitrogen and oxygen atoms in total. The maximum Gasteiger partial charge on any atom is 0.251 e. The highest BCUT2D eigenvalue weighted by Gasteiger charge is 2.17. The molecule has 0 amide bonds. The molecular formula is C20H14O2S2. The number of hydrogen-bond acceptors (Lipinski definition) is 4. The largest absolute Gasteiger partial charge is 0.497 e. The van der Waals surface area contributed by atoms with Gasteiger partial charge in [0.05, 0.1) is 17.6 Å². The van der Waals surface area contributed by atoms with Crippen LogP contribution in [0.2, 0.25) is 0 Å². The average Bonchev–Trinajstić information content (AvgIpc) is 3.02. The highest BCUT2D eigenvalue weighted by molar-refractivity contribution is 7.70. The van der Waals surface area contributed by atoms with Crippen molar-refractivity contribution >= 4 is 31.5 Å². The van der Waals surface area contributed by atoms with Crippen molar-refractivity contribution in [3.8, 4) is 27.3 Å². The zero-order valence-electron chi connectivity index (χ0n) is 13.0. The van der Waals surface area contributed by atoms with E-state index in [0.717, 1.165) is 38.1 Å². The van der Waals surface area contributed by atoms with E-state index in [1.165, 1.54) is 20.7 Å². The van der Waals surface area contributed by atoms with Crippen LogP contribution < -0.4 is 9.48 Å². The van der Waals surface area contributed by atoms with Crippen LogP contribution in [0.15, 0.2) is 71.5 Å². The minimum atomic E-state index is 0.113. The Morgan fingerprint density at radius 1 is 0.833 bits per heavy atom. The monoisotopic (exact) mass is 350 g/mol. The Morgan fingerprint density at radius 2 is 1.58 bits per heavy atom. The molecule has 3 aromatic carbocycles. The van der Waals surface area contributed by atoms with E-state index in [1.54, 1.807) is 7.11 Å². The fraction of sp³-hybridized carbons (Fsp3) is 0.0500. The first kappa shape index (κ1) is 15.1. The SMILES string of the molecule is COc1ccc(-c2ssc(=O)c2-c2cccc3ccccc23)cc1. The highest BCUT2D eigenvalue weighted by Crippen LogP contribution is 2.39. The van der Waals surface area contributed by atoms with Crippen LogP contribution in [-0.4, -0.2) is 7.11 Å². The molecule has 0 spiro atoms. The molecule has 0 fully saturated rings. The van der Waals surface area contributed by atoms with Gasteiger partial charge < -0.3 is 4.74 Å². The molecule has 0 saturated heterocycles. The Kier molecular flexibility index (Phi) is 3.92. The topological polar surface area (TPSA) is 26.3 Å². The number of hydrogen-bond donors (Lipinski definition) is 0. The average molecular weight is 350 g/mol. The van der Waals surface area contributed by atoms with Crippen LogP contribution in [0.5, 0.6) is 5.75 Å². The van der Waals surface area contributed by atoms with Crippen molar-refractivity contribution < 1.29 is 4.74 Å². The molecule has 4 heteroatoms. The molecule has 1 heterocycles. The predicted molar refractivity (Wildman–Crippen MR) is 103 cm³/mol. The third-order valence-corrected chi connectivity index (χ3v) is 6.29. The first-order chi connectivity index (χ1) is 11.8. The molecule has 0 aliphatic heterocycles. The van der Waals surface area contributed by atoms with Gasteiger partial charge in [0.1, 0.15) is 5.75 Å². The molecule has 0 saturated carbocycles. The van der Waals surface area contributed by atoms with Gasteiger partial charge in [-0.1, -0.05) is 52.8 Å². The summed E-state index contributed by atoms with van der Waals surface area (Å²) < 4.78 is 5.34. The lowest BCUT2D eigenvalue weighted by atomic mass is 9.97. The van der Waals surface area contributed by atoms with Crippen LogP contribution in [-0.2, 0) is 0 Å². The predicted octanol–water partition coefficient (Wildman–Crippen LogP) is 5.67. The first-order valence-corrected chi connectivity index (χ1v) is 9.68. The summed E-state index contributed by atoms with van der Waals surface area (Å²) >= 11 is 0. The van der Waals surface area contributed by atoms with Gasteiger partial charge in [-0.3, -0.25) is 4.79 Å². The van der Waals surface area contributed by atoms with Crippen molar-refractivity contribution in [2.45, 2.75) is 0 Å². The van der Waals surface area contributed by atoms with Crippen LogP contribution in [0, 0.1) is 0 Å². The Hall–Kier alpha value is -2.43. The van der Waals surface area contributed by atoms with Crippen molar-refractivity contribution in [2.75, 3.05) is 7.11 Å². The number of methoxy groups -OCH3 is 1. The Morgan fingerprint density at radius 3 is 2.38 bits per heavy atom. The summed E-state index contributed by atoms with van der Waals surface area (Å²) in [5.41, 5.74) is 2.84. The first-order valence-electron chi connectivity index (χ1n) is 7.53. The quantitative estimate of drug-likeness (QED) is 0.445. The second-order valence-electron chi connectivity index (χ2n) is 5.41. The summed E-state index contributed by atoms with van der Waals surface area (Å²) in [6.45, 7) is 0. The lowest BCUT2D eigenvalue weighted by molar-refractivity contribution is 0.415. The van der Waals surface area contributed by atoms with E-state index in [2.05, 4.69) is 18.2 Å². The Bertz CT molecular complexity index is 1050. The Labute approximate surface area is 147 Å². The summed E-state index contributed by atoms with van der Waals surface area (Å²) in [7, 11) is 4.48. The third kappa shape index (κ3) is 2.54. The zero-order valence-corrected chi connectivity index (χ0v) is 14.6. The number of rotatable bonds is 3. The van der Waals surface area contributed by atoms with Gasteiger partial charge in [-0.2, -0.15) is 0 Å². The molecule has 0 radical (unpaired) electrons. The second kappa shape index (κ2) is 6.23. The zero-order chi connectivity index (χ0) is 16.5. The van der Waals surface area contributed by atoms with E-state index < -0.39 is 0 Å². The van der Waals surface area contributed by atoms with E-state index in [4.69, 9.17) is 4.74 Å². The van der Waals surface area contributed by atoms with Crippen LogP contribution >= 0.6 is 20.7 Å². The van der Waals surface area contributed by atoms with Gasteiger partial charge in [-0.15, -0.1) is 0 Å². The van der Waals surface area contributed by atoms with Gasteiger partial charge in [0.2, 0.25) is 0 Å². The molecule has 4 rings (SSSR count). The number of benzene rings is 3. The van der Waals surface area contributed by atoms with E-state index >= 15 is 0 Å². The van der Waals surface area contributed by atoms with Gasteiger partial charge >= 0.3 is 0 Å². The molecule has 24 heavy (non-hydrogen) atoms. The molecule has 4 aromatic rings. The van der Waals surface area contributed by atoms with E-state index in [1.807, 2.05) is 48.5 Å². The number of fused-ring (bicyclic) bond motifs is 1. The molecule has 0 atom stereocenters. The third-order valence-electron chi connectivity index (χ3n) is 4.04. The molecule has 0 aliphatic carbocycles. The molecule has 118 valence electrons. The van der Waals surface area contributed by atoms with Crippen molar-refractivity contribution in [1.82, 2.24) is 0 Å². The summed E-state index contributed by atoms with van der Waals surface area (Å²) in [6.07, 6.45) is 0. The molecule has 0 unspecified atom stereocenters. The van der Waals surface area contributed by atoms with Gasteiger partial charge in [-0.25, -0.2) is 0 Å². The summed E-state index contributed by atoms with van der Waals surface area (Å²) in [5.74, 6) is 0.813. The Balaban J connectivity index is 1.95. The molecule has 1 aromatic heterocycles. The van der Waals surface area contributed by atoms with Crippen molar-refractivity contribution in [3.05, 3.63) is 76.3 Å². The maximum atomic E-state index is 12.6. The van der Waals surface area contributed by atoms with Gasteiger partial charge in [0.15, 0.2) is 0 Å². The second-order valence-corrected chi connectivity index (χ2v) is 7.53. The molecule has 0 aliphatic rings. The van der Waals surface area contributed by atoms with Crippen LogP contribution in [0.3, 0.4) is 0 Å². The molecule has 0 N–H and O–H groups in total. The summed E-state index contributed by atoms with van der Waals surface area (Å²) in [5, 5.41) is 2.25. The van der Waals surface area contributed by atoms with Crippen molar-refractivity contribution in [3.63, 3.8) is 0 Å². The smallest absolute Gasteiger partial charge is 0.251 e. The fourth-order valence-electron chi connectivity index (χ4n) is 2.87. The van der Waals surface area contributed by atoms with Gasteiger partial charge in [0.25, 0.3) is 4.74 Å². The maximum absolute atomic E-state index is 12.6. The van der Waals surface area contributed by atoms with Gasteiger partial charge in [-0.05, 0) is 56.5 Å². The van der Waals surface area contributed by atoms with Crippen LogP contribution in [0.4, 0.5) is 0 Å². The lowest BCUT2D eigenvalue weighted by Gasteiger charge is -2.08. The van der Waals surface area contributed by atoms with Crippen LogP contribution in [0.1, 0.15) is 0 Å².